The highest BCUT2D eigenvalue weighted by atomic mass is 15.1. The summed E-state index contributed by atoms with van der Waals surface area (Å²) < 4.78 is 0. The van der Waals surface area contributed by atoms with Crippen LogP contribution in [0.15, 0.2) is 24.3 Å². The molecule has 1 aromatic carbocycles. The van der Waals surface area contributed by atoms with E-state index in [-0.39, 0.29) is 6.04 Å². The van der Waals surface area contributed by atoms with Crippen molar-refractivity contribution in [3.05, 3.63) is 29.8 Å². The fourth-order valence-corrected chi connectivity index (χ4v) is 1.64. The Bertz CT molecular complexity index is 348. The molecule has 0 aliphatic carbocycles. The Hall–Kier alpha value is -1.53. The highest BCUT2D eigenvalue weighted by Crippen LogP contribution is 2.18. The normalized spacial score (nSPS) is 11.9. The Balaban J connectivity index is 2.75. The molecule has 86 valence electrons. The van der Waals surface area contributed by atoms with Gasteiger partial charge in [-0.1, -0.05) is 12.1 Å². The van der Waals surface area contributed by atoms with Gasteiger partial charge in [-0.2, -0.15) is 5.26 Å². The molecule has 0 radical (unpaired) electrons. The van der Waals surface area contributed by atoms with Gasteiger partial charge >= 0.3 is 0 Å². The lowest BCUT2D eigenvalue weighted by atomic mass is 10.1. The Kier molecular flexibility index (Phi) is 4.81. The van der Waals surface area contributed by atoms with Gasteiger partial charge in [-0.05, 0) is 31.5 Å². The molecule has 3 nitrogen and oxygen atoms in total. The van der Waals surface area contributed by atoms with Crippen LogP contribution in [0.5, 0.6) is 0 Å². The van der Waals surface area contributed by atoms with E-state index in [0.29, 0.717) is 6.42 Å². The average molecular weight is 217 g/mol. The topological polar surface area (TPSA) is 53.0 Å². The Labute approximate surface area is 97.5 Å². The van der Waals surface area contributed by atoms with E-state index in [9.17, 15) is 0 Å². The number of nitrogens with two attached hydrogens (primary N) is 1. The largest absolute Gasteiger partial charge is 0.371 e. The van der Waals surface area contributed by atoms with Crippen LogP contribution in [-0.2, 0) is 0 Å². The minimum Gasteiger partial charge on any atom is -0.371 e. The Morgan fingerprint density at radius 1 is 1.38 bits per heavy atom. The predicted molar refractivity (Wildman–Crippen MR) is 67.2 cm³/mol. The number of hydrogen-bond donors (Lipinski definition) is 1. The first kappa shape index (κ1) is 12.5. The van der Waals surface area contributed by atoms with Gasteiger partial charge in [0.05, 0.1) is 12.5 Å². The lowest BCUT2D eigenvalue weighted by Crippen LogP contribution is -2.23. The minimum absolute atomic E-state index is 0.0724. The lowest BCUT2D eigenvalue weighted by Gasteiger charge is -2.22. The molecular formula is C13H19N3. The SMILES string of the molecule is CCN(CCC#N)c1ccc([C@H](C)N)cc1. The molecule has 0 aliphatic rings. The monoisotopic (exact) mass is 217 g/mol. The molecule has 0 heterocycles. The predicted octanol–water partition coefficient (Wildman–Crippen LogP) is 2.45. The van der Waals surface area contributed by atoms with E-state index in [0.717, 1.165) is 24.3 Å². The summed E-state index contributed by atoms with van der Waals surface area (Å²) in [6, 6.07) is 10.5. The molecule has 0 fully saturated rings. The van der Waals surface area contributed by atoms with Gasteiger partial charge in [0.2, 0.25) is 0 Å². The first-order valence-electron chi connectivity index (χ1n) is 5.66. The number of rotatable bonds is 5. The van der Waals surface area contributed by atoms with Crippen molar-refractivity contribution in [1.82, 2.24) is 0 Å². The van der Waals surface area contributed by atoms with Crippen molar-refractivity contribution < 1.29 is 0 Å². The van der Waals surface area contributed by atoms with Crippen LogP contribution in [0.2, 0.25) is 0 Å². The van der Waals surface area contributed by atoms with Crippen LogP contribution in [0.4, 0.5) is 5.69 Å². The van der Waals surface area contributed by atoms with Gasteiger partial charge < -0.3 is 10.6 Å². The molecule has 0 saturated heterocycles. The molecule has 0 amide bonds. The number of nitriles is 1. The van der Waals surface area contributed by atoms with Crippen molar-refractivity contribution in [2.24, 2.45) is 5.73 Å². The van der Waals surface area contributed by atoms with Crippen molar-refractivity contribution >= 4 is 5.69 Å². The maximum atomic E-state index is 8.58. The first-order chi connectivity index (χ1) is 7.69. The molecule has 0 saturated carbocycles. The Morgan fingerprint density at radius 3 is 2.44 bits per heavy atom. The summed E-state index contributed by atoms with van der Waals surface area (Å²) in [5, 5.41) is 8.58. The van der Waals surface area contributed by atoms with Crippen LogP contribution in [-0.4, -0.2) is 13.1 Å². The zero-order chi connectivity index (χ0) is 12.0. The van der Waals surface area contributed by atoms with Crippen LogP contribution in [0, 0.1) is 11.3 Å². The van der Waals surface area contributed by atoms with Crippen LogP contribution >= 0.6 is 0 Å². The number of benzene rings is 1. The van der Waals surface area contributed by atoms with Gasteiger partial charge in [-0.25, -0.2) is 0 Å². The van der Waals surface area contributed by atoms with Crippen molar-refractivity contribution in [2.75, 3.05) is 18.0 Å². The third-order valence-electron chi connectivity index (χ3n) is 2.66. The molecule has 2 N–H and O–H groups in total. The number of anilines is 1. The van der Waals surface area contributed by atoms with Crippen LogP contribution < -0.4 is 10.6 Å². The smallest absolute Gasteiger partial charge is 0.0640 e. The van der Waals surface area contributed by atoms with Gasteiger partial charge in [-0.3, -0.25) is 0 Å². The number of hydrogen-bond acceptors (Lipinski definition) is 3. The van der Waals surface area contributed by atoms with E-state index < -0.39 is 0 Å². The molecule has 0 aromatic heterocycles. The van der Waals surface area contributed by atoms with E-state index in [4.69, 9.17) is 11.0 Å². The molecule has 3 heteroatoms. The fourth-order valence-electron chi connectivity index (χ4n) is 1.64. The third kappa shape index (κ3) is 3.25. The van der Waals surface area contributed by atoms with Crippen molar-refractivity contribution in [3.63, 3.8) is 0 Å². The minimum atomic E-state index is 0.0724. The summed E-state index contributed by atoms with van der Waals surface area (Å²) in [5.41, 5.74) is 8.09. The molecule has 1 rings (SSSR count). The molecule has 0 bridgehead atoms. The maximum Gasteiger partial charge on any atom is 0.0640 e. The molecule has 1 aromatic rings. The summed E-state index contributed by atoms with van der Waals surface area (Å²) >= 11 is 0. The van der Waals surface area contributed by atoms with E-state index >= 15 is 0 Å². The van der Waals surface area contributed by atoms with E-state index in [1.165, 1.54) is 0 Å². The molecule has 16 heavy (non-hydrogen) atoms. The summed E-state index contributed by atoms with van der Waals surface area (Å²) in [7, 11) is 0. The van der Waals surface area contributed by atoms with Gasteiger partial charge in [0.15, 0.2) is 0 Å². The second-order valence-electron chi connectivity index (χ2n) is 3.87. The quantitative estimate of drug-likeness (QED) is 0.824. The fraction of sp³-hybridized carbons (Fsp3) is 0.462. The van der Waals surface area contributed by atoms with Crippen molar-refractivity contribution in [3.8, 4) is 6.07 Å². The van der Waals surface area contributed by atoms with Crippen LogP contribution in [0.25, 0.3) is 0 Å². The van der Waals surface area contributed by atoms with E-state index in [1.807, 2.05) is 6.92 Å². The second kappa shape index (κ2) is 6.14. The van der Waals surface area contributed by atoms with Crippen LogP contribution in [0.3, 0.4) is 0 Å². The van der Waals surface area contributed by atoms with E-state index in [2.05, 4.69) is 42.2 Å². The summed E-state index contributed by atoms with van der Waals surface area (Å²) in [6.07, 6.45) is 0.558. The first-order valence-corrected chi connectivity index (χ1v) is 5.66. The van der Waals surface area contributed by atoms with Crippen LogP contribution in [0.1, 0.15) is 31.9 Å². The second-order valence-corrected chi connectivity index (χ2v) is 3.87. The third-order valence-corrected chi connectivity index (χ3v) is 2.66. The summed E-state index contributed by atoms with van der Waals surface area (Å²) in [6.45, 7) is 5.77. The maximum absolute atomic E-state index is 8.58. The van der Waals surface area contributed by atoms with E-state index in [1.54, 1.807) is 0 Å². The molecule has 0 aliphatic heterocycles. The molecule has 1 atom stereocenters. The standard InChI is InChI=1S/C13H19N3/c1-3-16(10-4-9-14)13-7-5-12(6-8-13)11(2)15/h5-8,11H,3-4,10,15H2,1-2H3/t11-/m0/s1. The average Bonchev–Trinajstić information content (AvgIpc) is 2.30. The summed E-state index contributed by atoms with van der Waals surface area (Å²) in [5.74, 6) is 0. The summed E-state index contributed by atoms with van der Waals surface area (Å²) in [4.78, 5) is 2.19. The molecule has 0 unspecified atom stereocenters. The number of nitrogens with zero attached hydrogens (tertiary/aromatic N) is 2. The highest BCUT2D eigenvalue weighted by Gasteiger charge is 2.04. The highest BCUT2D eigenvalue weighted by molar-refractivity contribution is 5.47. The molecule has 0 spiro atoms. The van der Waals surface area contributed by atoms with Gasteiger partial charge in [0.1, 0.15) is 0 Å². The van der Waals surface area contributed by atoms with Crippen molar-refractivity contribution in [2.45, 2.75) is 26.3 Å². The van der Waals surface area contributed by atoms with Gasteiger partial charge in [0.25, 0.3) is 0 Å². The van der Waals surface area contributed by atoms with Gasteiger partial charge in [-0.15, -0.1) is 0 Å². The molecular weight excluding hydrogens is 198 g/mol. The Morgan fingerprint density at radius 2 is 2.00 bits per heavy atom. The zero-order valence-electron chi connectivity index (χ0n) is 9.98. The lowest BCUT2D eigenvalue weighted by molar-refractivity contribution is 0.809. The van der Waals surface area contributed by atoms with Crippen molar-refractivity contribution in [1.29, 1.82) is 5.26 Å². The zero-order valence-corrected chi connectivity index (χ0v) is 9.98. The van der Waals surface area contributed by atoms with Gasteiger partial charge in [0, 0.05) is 24.8 Å².